The van der Waals surface area contributed by atoms with E-state index in [-0.39, 0.29) is 6.04 Å². The van der Waals surface area contributed by atoms with E-state index in [9.17, 15) is 0 Å². The van der Waals surface area contributed by atoms with Crippen molar-refractivity contribution < 1.29 is 4.42 Å². The SMILES string of the molecule is Cc1cc(NC(C)c2ccco2)cc(C)c1Br. The van der Waals surface area contributed by atoms with Gasteiger partial charge in [0, 0.05) is 10.2 Å². The number of aryl methyl sites for hydroxylation is 2. The van der Waals surface area contributed by atoms with Crippen molar-refractivity contribution in [3.05, 3.63) is 51.9 Å². The maximum atomic E-state index is 5.38. The minimum absolute atomic E-state index is 0.171. The first-order valence-corrected chi connectivity index (χ1v) is 6.44. The lowest BCUT2D eigenvalue weighted by atomic mass is 10.1. The molecule has 0 amide bonds. The standard InChI is InChI=1S/C14H16BrNO/c1-9-7-12(8-10(2)14(9)15)16-11(3)13-5-4-6-17-13/h4-8,11,16H,1-3H3. The summed E-state index contributed by atoms with van der Waals surface area (Å²) in [5.41, 5.74) is 3.59. The molecule has 0 saturated carbocycles. The Labute approximate surface area is 110 Å². The molecule has 1 aromatic heterocycles. The fourth-order valence-electron chi connectivity index (χ4n) is 1.89. The fourth-order valence-corrected chi connectivity index (χ4v) is 2.12. The molecule has 2 nitrogen and oxygen atoms in total. The van der Waals surface area contributed by atoms with Crippen LogP contribution < -0.4 is 5.32 Å². The minimum Gasteiger partial charge on any atom is -0.467 e. The van der Waals surface area contributed by atoms with Crippen molar-refractivity contribution in [1.82, 2.24) is 0 Å². The third-order valence-electron chi connectivity index (χ3n) is 2.79. The zero-order valence-corrected chi connectivity index (χ0v) is 11.8. The van der Waals surface area contributed by atoms with E-state index in [0.29, 0.717) is 0 Å². The quantitative estimate of drug-likeness (QED) is 0.877. The van der Waals surface area contributed by atoms with Gasteiger partial charge in [-0.1, -0.05) is 15.9 Å². The summed E-state index contributed by atoms with van der Waals surface area (Å²) in [5.74, 6) is 0.947. The van der Waals surface area contributed by atoms with Crippen LogP contribution in [0.1, 0.15) is 29.9 Å². The number of hydrogen-bond donors (Lipinski definition) is 1. The normalized spacial score (nSPS) is 12.5. The molecule has 0 saturated heterocycles. The zero-order chi connectivity index (χ0) is 12.4. The smallest absolute Gasteiger partial charge is 0.125 e. The third kappa shape index (κ3) is 2.72. The highest BCUT2D eigenvalue weighted by Crippen LogP contribution is 2.27. The van der Waals surface area contributed by atoms with Gasteiger partial charge in [0.2, 0.25) is 0 Å². The molecule has 0 aliphatic heterocycles. The van der Waals surface area contributed by atoms with E-state index in [1.165, 1.54) is 15.6 Å². The largest absolute Gasteiger partial charge is 0.467 e. The van der Waals surface area contributed by atoms with E-state index in [1.54, 1.807) is 6.26 Å². The molecular formula is C14H16BrNO. The summed E-state index contributed by atoms with van der Waals surface area (Å²) in [6, 6.07) is 8.33. The van der Waals surface area contributed by atoms with Crippen molar-refractivity contribution in [2.75, 3.05) is 5.32 Å². The summed E-state index contributed by atoms with van der Waals surface area (Å²) in [6.07, 6.45) is 1.70. The molecular weight excluding hydrogens is 278 g/mol. The molecule has 3 heteroatoms. The van der Waals surface area contributed by atoms with Crippen molar-refractivity contribution >= 4 is 21.6 Å². The first-order chi connectivity index (χ1) is 8.08. The van der Waals surface area contributed by atoms with Crippen LogP contribution in [-0.2, 0) is 0 Å². The number of halogens is 1. The molecule has 0 aliphatic carbocycles. The van der Waals surface area contributed by atoms with Crippen LogP contribution in [0.15, 0.2) is 39.4 Å². The number of benzene rings is 1. The molecule has 2 rings (SSSR count). The van der Waals surface area contributed by atoms with E-state index in [1.807, 2.05) is 12.1 Å². The second kappa shape index (κ2) is 4.96. The second-order valence-electron chi connectivity index (χ2n) is 4.31. The highest BCUT2D eigenvalue weighted by molar-refractivity contribution is 9.10. The van der Waals surface area contributed by atoms with Gasteiger partial charge in [-0.2, -0.15) is 0 Å². The van der Waals surface area contributed by atoms with Crippen molar-refractivity contribution in [2.24, 2.45) is 0 Å². The Hall–Kier alpha value is -1.22. The number of furan rings is 1. The Morgan fingerprint density at radius 3 is 2.41 bits per heavy atom. The van der Waals surface area contributed by atoms with Crippen molar-refractivity contribution in [1.29, 1.82) is 0 Å². The molecule has 0 spiro atoms. The fraction of sp³-hybridized carbons (Fsp3) is 0.286. The van der Waals surface area contributed by atoms with Crippen LogP contribution in [0.5, 0.6) is 0 Å². The zero-order valence-electron chi connectivity index (χ0n) is 10.3. The molecule has 0 fully saturated rings. The average Bonchev–Trinajstić information content (AvgIpc) is 2.79. The van der Waals surface area contributed by atoms with Gasteiger partial charge in [0.25, 0.3) is 0 Å². The Morgan fingerprint density at radius 1 is 1.24 bits per heavy atom. The van der Waals surface area contributed by atoms with Crippen LogP contribution in [0.25, 0.3) is 0 Å². The van der Waals surface area contributed by atoms with Gasteiger partial charge in [0.15, 0.2) is 0 Å². The summed E-state index contributed by atoms with van der Waals surface area (Å²) in [4.78, 5) is 0. The number of hydrogen-bond acceptors (Lipinski definition) is 2. The highest BCUT2D eigenvalue weighted by Gasteiger charge is 2.09. The van der Waals surface area contributed by atoms with Gasteiger partial charge in [-0.15, -0.1) is 0 Å². The minimum atomic E-state index is 0.171. The summed E-state index contributed by atoms with van der Waals surface area (Å²) < 4.78 is 6.55. The maximum absolute atomic E-state index is 5.38. The Balaban J connectivity index is 2.19. The average molecular weight is 294 g/mol. The molecule has 0 radical (unpaired) electrons. The molecule has 1 aromatic carbocycles. The van der Waals surface area contributed by atoms with E-state index in [2.05, 4.69) is 54.2 Å². The first kappa shape index (κ1) is 12.2. The molecule has 1 heterocycles. The molecule has 0 bridgehead atoms. The van der Waals surface area contributed by atoms with E-state index < -0.39 is 0 Å². The lowest BCUT2D eigenvalue weighted by Crippen LogP contribution is -2.06. The third-order valence-corrected chi connectivity index (χ3v) is 4.04. The first-order valence-electron chi connectivity index (χ1n) is 5.64. The molecule has 2 aromatic rings. The Bertz CT molecular complexity index is 482. The molecule has 17 heavy (non-hydrogen) atoms. The number of anilines is 1. The number of nitrogens with one attached hydrogen (secondary N) is 1. The van der Waals surface area contributed by atoms with Gasteiger partial charge in [0.05, 0.1) is 12.3 Å². The molecule has 1 unspecified atom stereocenters. The lowest BCUT2D eigenvalue weighted by molar-refractivity contribution is 0.490. The Kier molecular flexibility index (Phi) is 3.57. The van der Waals surface area contributed by atoms with Gasteiger partial charge in [-0.3, -0.25) is 0 Å². The highest BCUT2D eigenvalue weighted by atomic mass is 79.9. The maximum Gasteiger partial charge on any atom is 0.125 e. The summed E-state index contributed by atoms with van der Waals surface area (Å²) in [6.45, 7) is 6.28. The van der Waals surface area contributed by atoms with Crippen molar-refractivity contribution in [3.63, 3.8) is 0 Å². The van der Waals surface area contributed by atoms with Gasteiger partial charge in [-0.25, -0.2) is 0 Å². The van der Waals surface area contributed by atoms with Crippen LogP contribution in [-0.4, -0.2) is 0 Å². The van der Waals surface area contributed by atoms with Gasteiger partial charge in [0.1, 0.15) is 5.76 Å². The van der Waals surface area contributed by atoms with Crippen LogP contribution in [0.3, 0.4) is 0 Å². The van der Waals surface area contributed by atoms with Gasteiger partial charge in [-0.05, 0) is 56.2 Å². The van der Waals surface area contributed by atoms with E-state index in [4.69, 9.17) is 4.42 Å². The van der Waals surface area contributed by atoms with Crippen molar-refractivity contribution in [2.45, 2.75) is 26.8 Å². The predicted molar refractivity (Wildman–Crippen MR) is 74.4 cm³/mol. The van der Waals surface area contributed by atoms with Gasteiger partial charge < -0.3 is 9.73 Å². The predicted octanol–water partition coefficient (Wildman–Crippen LogP) is 4.83. The monoisotopic (exact) mass is 293 g/mol. The van der Waals surface area contributed by atoms with Gasteiger partial charge >= 0.3 is 0 Å². The van der Waals surface area contributed by atoms with Crippen LogP contribution in [0.4, 0.5) is 5.69 Å². The topological polar surface area (TPSA) is 25.2 Å². The molecule has 1 atom stereocenters. The second-order valence-corrected chi connectivity index (χ2v) is 5.10. The molecule has 0 aliphatic rings. The summed E-state index contributed by atoms with van der Waals surface area (Å²) in [5, 5.41) is 3.44. The molecule has 1 N–H and O–H groups in total. The van der Waals surface area contributed by atoms with E-state index in [0.717, 1.165) is 11.4 Å². The molecule has 90 valence electrons. The van der Waals surface area contributed by atoms with Crippen LogP contribution in [0.2, 0.25) is 0 Å². The van der Waals surface area contributed by atoms with Crippen molar-refractivity contribution in [3.8, 4) is 0 Å². The summed E-state index contributed by atoms with van der Waals surface area (Å²) in [7, 11) is 0. The van der Waals surface area contributed by atoms with E-state index >= 15 is 0 Å². The lowest BCUT2D eigenvalue weighted by Gasteiger charge is -2.15. The summed E-state index contributed by atoms with van der Waals surface area (Å²) >= 11 is 3.57. The number of rotatable bonds is 3. The van der Waals surface area contributed by atoms with Crippen LogP contribution >= 0.6 is 15.9 Å². The van der Waals surface area contributed by atoms with Crippen LogP contribution in [0, 0.1) is 13.8 Å². The Morgan fingerprint density at radius 2 is 1.88 bits per heavy atom.